The van der Waals surface area contributed by atoms with E-state index in [9.17, 15) is 9.18 Å². The first kappa shape index (κ1) is 18.4. The topological polar surface area (TPSA) is 81.7 Å². The zero-order valence-corrected chi connectivity index (χ0v) is 15.4. The standard InChI is InChI=1S/C19H26FN3O4/c1-11-15(7-4-8-21-11)27-16-10-26-17-14(9-25-18(16)17)23-19(24)22-13-6-3-2-5-12(13)20/h4,7-8,12-14,16-18H,2-3,5-6,9-10H2,1H3,(H2,22,23,24)/t12-,13-,14+,16+,17-,18-/m1/s1. The molecule has 1 aromatic rings. The summed E-state index contributed by atoms with van der Waals surface area (Å²) in [6.07, 6.45) is 2.99. The molecule has 0 aromatic carbocycles. The lowest BCUT2D eigenvalue weighted by Gasteiger charge is -2.27. The second-order valence-corrected chi connectivity index (χ2v) is 7.47. The Morgan fingerprint density at radius 1 is 1.19 bits per heavy atom. The van der Waals surface area contributed by atoms with E-state index in [1.54, 1.807) is 6.20 Å². The van der Waals surface area contributed by atoms with Gasteiger partial charge in [0.05, 0.1) is 31.0 Å². The fourth-order valence-corrected chi connectivity index (χ4v) is 4.07. The maximum absolute atomic E-state index is 13.9. The van der Waals surface area contributed by atoms with E-state index in [1.165, 1.54) is 0 Å². The molecule has 3 aliphatic rings. The Hall–Kier alpha value is -1.93. The van der Waals surface area contributed by atoms with Gasteiger partial charge in [0, 0.05) is 6.20 Å². The largest absolute Gasteiger partial charge is 0.483 e. The van der Waals surface area contributed by atoms with E-state index < -0.39 is 12.2 Å². The van der Waals surface area contributed by atoms with Gasteiger partial charge in [0.25, 0.3) is 0 Å². The number of hydrogen-bond acceptors (Lipinski definition) is 5. The lowest BCUT2D eigenvalue weighted by molar-refractivity contribution is 0.0299. The van der Waals surface area contributed by atoms with E-state index in [2.05, 4.69) is 15.6 Å². The highest BCUT2D eigenvalue weighted by Crippen LogP contribution is 2.30. The number of fused-ring (bicyclic) bond motifs is 1. The van der Waals surface area contributed by atoms with Crippen LogP contribution in [0.2, 0.25) is 0 Å². The minimum absolute atomic E-state index is 0.249. The Morgan fingerprint density at radius 3 is 2.78 bits per heavy atom. The second kappa shape index (κ2) is 7.98. The van der Waals surface area contributed by atoms with Gasteiger partial charge in [0.2, 0.25) is 0 Å². The van der Waals surface area contributed by atoms with E-state index in [-0.39, 0.29) is 30.4 Å². The van der Waals surface area contributed by atoms with Crippen LogP contribution in [0.4, 0.5) is 9.18 Å². The first-order valence-corrected chi connectivity index (χ1v) is 9.64. The molecule has 4 rings (SSSR count). The third-order valence-corrected chi connectivity index (χ3v) is 5.56. The summed E-state index contributed by atoms with van der Waals surface area (Å²) in [7, 11) is 0. The van der Waals surface area contributed by atoms with Gasteiger partial charge in [-0.25, -0.2) is 9.18 Å². The average Bonchev–Trinajstić information content (AvgIpc) is 3.23. The van der Waals surface area contributed by atoms with E-state index in [0.717, 1.165) is 18.5 Å². The molecule has 2 amide bonds. The third kappa shape index (κ3) is 4.01. The van der Waals surface area contributed by atoms with Crippen LogP contribution in [0, 0.1) is 6.92 Å². The molecule has 27 heavy (non-hydrogen) atoms. The van der Waals surface area contributed by atoms with Crippen LogP contribution >= 0.6 is 0 Å². The summed E-state index contributed by atoms with van der Waals surface area (Å²) in [5.74, 6) is 0.704. The molecule has 7 nitrogen and oxygen atoms in total. The van der Waals surface area contributed by atoms with Gasteiger partial charge in [0.1, 0.15) is 24.1 Å². The van der Waals surface area contributed by atoms with Gasteiger partial charge in [-0.3, -0.25) is 4.98 Å². The monoisotopic (exact) mass is 379 g/mol. The summed E-state index contributed by atoms with van der Waals surface area (Å²) in [5.41, 5.74) is 0.807. The number of nitrogens with zero attached hydrogens (tertiary/aromatic N) is 1. The molecule has 6 atom stereocenters. The number of halogens is 1. The highest BCUT2D eigenvalue weighted by atomic mass is 19.1. The number of ether oxygens (including phenoxy) is 3. The molecule has 148 valence electrons. The molecule has 2 saturated heterocycles. The quantitative estimate of drug-likeness (QED) is 0.835. The van der Waals surface area contributed by atoms with Crippen molar-refractivity contribution >= 4 is 6.03 Å². The van der Waals surface area contributed by atoms with Crippen molar-refractivity contribution in [3.05, 3.63) is 24.0 Å². The van der Waals surface area contributed by atoms with Gasteiger partial charge >= 0.3 is 6.03 Å². The van der Waals surface area contributed by atoms with Gasteiger partial charge in [-0.2, -0.15) is 0 Å². The number of pyridine rings is 1. The van der Waals surface area contributed by atoms with Gasteiger partial charge in [-0.05, 0) is 31.9 Å². The summed E-state index contributed by atoms with van der Waals surface area (Å²) in [6.45, 7) is 2.62. The minimum atomic E-state index is -0.972. The Labute approximate surface area is 158 Å². The van der Waals surface area contributed by atoms with Crippen LogP contribution in [0.5, 0.6) is 5.75 Å². The minimum Gasteiger partial charge on any atom is -0.483 e. The molecule has 1 saturated carbocycles. The first-order valence-electron chi connectivity index (χ1n) is 9.64. The number of nitrogens with one attached hydrogen (secondary N) is 2. The molecular weight excluding hydrogens is 353 g/mol. The van der Waals surface area contributed by atoms with Gasteiger partial charge in [-0.15, -0.1) is 0 Å². The maximum Gasteiger partial charge on any atom is 0.315 e. The molecule has 8 heteroatoms. The van der Waals surface area contributed by atoms with Crippen molar-refractivity contribution in [1.82, 2.24) is 15.6 Å². The van der Waals surface area contributed by atoms with E-state index in [0.29, 0.717) is 31.8 Å². The fraction of sp³-hybridized carbons (Fsp3) is 0.684. The number of aryl methyl sites for hydroxylation is 1. The summed E-state index contributed by atoms with van der Waals surface area (Å²) >= 11 is 0. The van der Waals surface area contributed by atoms with Crippen LogP contribution in [0.1, 0.15) is 31.4 Å². The first-order chi connectivity index (χ1) is 13.1. The fourth-order valence-electron chi connectivity index (χ4n) is 4.07. The number of urea groups is 1. The number of carbonyl (C=O) groups is 1. The Balaban J connectivity index is 1.31. The zero-order chi connectivity index (χ0) is 18.8. The number of rotatable bonds is 4. The smallest absolute Gasteiger partial charge is 0.315 e. The van der Waals surface area contributed by atoms with Crippen molar-refractivity contribution in [1.29, 1.82) is 0 Å². The number of alkyl halides is 1. The molecule has 0 bridgehead atoms. The van der Waals surface area contributed by atoms with Crippen LogP contribution in [-0.2, 0) is 9.47 Å². The van der Waals surface area contributed by atoms with Crippen LogP contribution < -0.4 is 15.4 Å². The van der Waals surface area contributed by atoms with Crippen molar-refractivity contribution in [2.75, 3.05) is 13.2 Å². The van der Waals surface area contributed by atoms with E-state index in [1.807, 2.05) is 19.1 Å². The lowest BCUT2D eigenvalue weighted by Crippen LogP contribution is -2.53. The molecule has 1 aromatic heterocycles. The molecule has 0 unspecified atom stereocenters. The molecule has 1 aliphatic carbocycles. The van der Waals surface area contributed by atoms with Crippen molar-refractivity contribution < 1.29 is 23.4 Å². The normalized spacial score (nSPS) is 35.5. The van der Waals surface area contributed by atoms with Crippen LogP contribution in [-0.4, -0.2) is 60.8 Å². The Kier molecular flexibility index (Phi) is 5.45. The summed E-state index contributed by atoms with van der Waals surface area (Å²) in [6, 6.07) is 2.63. The Bertz CT molecular complexity index is 676. The Morgan fingerprint density at radius 2 is 1.96 bits per heavy atom. The third-order valence-electron chi connectivity index (χ3n) is 5.56. The van der Waals surface area contributed by atoms with Crippen molar-refractivity contribution in [3.8, 4) is 5.75 Å². The van der Waals surface area contributed by atoms with Crippen molar-refractivity contribution in [2.24, 2.45) is 0 Å². The zero-order valence-electron chi connectivity index (χ0n) is 15.4. The predicted molar refractivity (Wildman–Crippen MR) is 95.5 cm³/mol. The summed E-state index contributed by atoms with van der Waals surface area (Å²) in [5, 5.41) is 5.64. The van der Waals surface area contributed by atoms with Gasteiger partial charge in [-0.1, -0.05) is 12.8 Å². The highest BCUT2D eigenvalue weighted by Gasteiger charge is 2.49. The van der Waals surface area contributed by atoms with Gasteiger partial charge < -0.3 is 24.8 Å². The van der Waals surface area contributed by atoms with Crippen molar-refractivity contribution in [2.45, 2.75) is 69.2 Å². The predicted octanol–water partition coefficient (Wildman–Crippen LogP) is 1.88. The number of carbonyl (C=O) groups excluding carboxylic acids is 1. The second-order valence-electron chi connectivity index (χ2n) is 7.47. The van der Waals surface area contributed by atoms with Crippen LogP contribution in [0.15, 0.2) is 18.3 Å². The van der Waals surface area contributed by atoms with Crippen LogP contribution in [0.25, 0.3) is 0 Å². The highest BCUT2D eigenvalue weighted by molar-refractivity contribution is 5.74. The van der Waals surface area contributed by atoms with Crippen LogP contribution in [0.3, 0.4) is 0 Å². The summed E-state index contributed by atoms with van der Waals surface area (Å²) in [4.78, 5) is 16.5. The number of aromatic nitrogens is 1. The van der Waals surface area contributed by atoms with E-state index in [4.69, 9.17) is 14.2 Å². The molecule has 3 fully saturated rings. The number of amides is 2. The molecule has 3 heterocycles. The molecule has 0 radical (unpaired) electrons. The van der Waals surface area contributed by atoms with E-state index >= 15 is 0 Å². The SMILES string of the molecule is Cc1ncccc1O[C@H]1CO[C@H]2[C@@H]1OC[C@@H]2NC(=O)N[C@@H]1CCCC[C@H]1F. The van der Waals surface area contributed by atoms with Gasteiger partial charge in [0.15, 0.2) is 6.10 Å². The molecular formula is C19H26FN3O4. The number of hydrogen-bond donors (Lipinski definition) is 2. The maximum atomic E-state index is 13.9. The van der Waals surface area contributed by atoms with Crippen molar-refractivity contribution in [3.63, 3.8) is 0 Å². The lowest BCUT2D eigenvalue weighted by atomic mass is 9.94. The molecule has 2 N–H and O–H groups in total. The molecule has 0 spiro atoms. The summed E-state index contributed by atoms with van der Waals surface area (Å²) < 4.78 is 31.6. The average molecular weight is 379 g/mol. The molecule has 2 aliphatic heterocycles.